The zero-order valence-corrected chi connectivity index (χ0v) is 15.7. The van der Waals surface area contributed by atoms with Crippen molar-refractivity contribution < 1.29 is 18.3 Å². The number of hydrogen-bond acceptors (Lipinski definition) is 4. The molecule has 0 aliphatic rings. The number of benzene rings is 1. The van der Waals surface area contributed by atoms with Gasteiger partial charge in [-0.1, -0.05) is 6.07 Å². The molecule has 1 aromatic heterocycles. The second-order valence-corrected chi connectivity index (χ2v) is 7.79. The van der Waals surface area contributed by atoms with Crippen LogP contribution in [0.25, 0.3) is 0 Å². The molecule has 0 amide bonds. The van der Waals surface area contributed by atoms with E-state index in [9.17, 15) is 13.2 Å². The molecule has 1 heterocycles. The molecule has 0 unspecified atom stereocenters. The first-order valence-corrected chi connectivity index (χ1v) is 9.45. The third-order valence-corrected chi connectivity index (χ3v) is 5.57. The van der Waals surface area contributed by atoms with E-state index in [0.717, 1.165) is 15.4 Å². The molecule has 1 aromatic carbocycles. The van der Waals surface area contributed by atoms with Crippen LogP contribution in [0.3, 0.4) is 0 Å². The van der Waals surface area contributed by atoms with E-state index in [4.69, 9.17) is 5.11 Å². The number of anilines is 1. The topological polar surface area (TPSA) is 92.5 Å². The molecule has 0 saturated heterocycles. The van der Waals surface area contributed by atoms with Crippen molar-refractivity contribution >= 4 is 21.7 Å². The van der Waals surface area contributed by atoms with E-state index in [0.29, 0.717) is 18.1 Å². The fourth-order valence-electron chi connectivity index (χ4n) is 2.72. The van der Waals surface area contributed by atoms with Gasteiger partial charge >= 0.3 is 5.97 Å². The summed E-state index contributed by atoms with van der Waals surface area (Å²) in [5.41, 5.74) is 2.25. The quantitative estimate of drug-likeness (QED) is 0.814. The van der Waals surface area contributed by atoms with Crippen molar-refractivity contribution in [2.45, 2.75) is 45.7 Å². The van der Waals surface area contributed by atoms with Gasteiger partial charge in [0.25, 0.3) is 10.0 Å². The third kappa shape index (κ3) is 4.19. The number of carboxylic acids is 1. The van der Waals surface area contributed by atoms with Gasteiger partial charge in [0.2, 0.25) is 0 Å². The van der Waals surface area contributed by atoms with Crippen LogP contribution in [-0.4, -0.2) is 35.6 Å². The van der Waals surface area contributed by atoms with E-state index in [1.54, 1.807) is 23.6 Å². The smallest absolute Gasteiger partial charge is 0.305 e. The summed E-state index contributed by atoms with van der Waals surface area (Å²) in [6, 6.07) is 5.40. The molecule has 0 radical (unpaired) electrons. The highest BCUT2D eigenvalue weighted by Gasteiger charge is 2.28. The molecular formula is C17H23N3O4S. The Morgan fingerprint density at radius 1 is 1.20 bits per heavy atom. The summed E-state index contributed by atoms with van der Waals surface area (Å²) < 4.78 is 29.1. The lowest BCUT2D eigenvalue weighted by Crippen LogP contribution is -2.33. The summed E-state index contributed by atoms with van der Waals surface area (Å²) in [6.45, 7) is 7.83. The lowest BCUT2D eigenvalue weighted by molar-refractivity contribution is -0.136. The number of sulfonamides is 1. The second kappa shape index (κ2) is 7.26. The third-order valence-electron chi connectivity index (χ3n) is 3.87. The average Bonchev–Trinajstić information content (AvgIpc) is 2.87. The average molecular weight is 365 g/mol. The summed E-state index contributed by atoms with van der Waals surface area (Å²) in [6.07, 6.45) is 1.20. The van der Waals surface area contributed by atoms with Gasteiger partial charge in [0.15, 0.2) is 5.03 Å². The number of imidazole rings is 1. The van der Waals surface area contributed by atoms with Gasteiger partial charge in [-0.15, -0.1) is 0 Å². The van der Waals surface area contributed by atoms with E-state index >= 15 is 0 Å². The molecule has 0 bridgehead atoms. The van der Waals surface area contributed by atoms with Crippen LogP contribution in [-0.2, 0) is 21.4 Å². The molecule has 0 fully saturated rings. The van der Waals surface area contributed by atoms with Crippen molar-refractivity contribution in [1.82, 2.24) is 9.55 Å². The van der Waals surface area contributed by atoms with Gasteiger partial charge in [0, 0.05) is 19.3 Å². The van der Waals surface area contributed by atoms with Crippen LogP contribution >= 0.6 is 0 Å². The van der Waals surface area contributed by atoms with E-state index in [-0.39, 0.29) is 18.0 Å². The molecule has 2 aromatic rings. The van der Waals surface area contributed by atoms with Crippen molar-refractivity contribution in [2.75, 3.05) is 10.8 Å². The summed E-state index contributed by atoms with van der Waals surface area (Å²) in [4.78, 5) is 15.2. The molecule has 0 atom stereocenters. The van der Waals surface area contributed by atoms with E-state index in [1.165, 1.54) is 6.20 Å². The van der Waals surface area contributed by atoms with Crippen molar-refractivity contribution in [3.05, 3.63) is 41.3 Å². The van der Waals surface area contributed by atoms with Gasteiger partial charge in [-0.3, -0.25) is 9.10 Å². The lowest BCUT2D eigenvalue weighted by atomic mass is 10.1. The number of carbonyl (C=O) groups is 1. The zero-order valence-electron chi connectivity index (χ0n) is 14.9. The minimum absolute atomic E-state index is 0.0728. The summed E-state index contributed by atoms with van der Waals surface area (Å²) in [5.74, 6) is -0.459. The number of aromatic nitrogens is 2. The minimum Gasteiger partial charge on any atom is -0.481 e. The fourth-order valence-corrected chi connectivity index (χ4v) is 4.16. The SMILES string of the molecule is CCn1cc(S(=O)(=O)N(CCC(=O)O)c2cc(C)cc(C)c2)nc1C. The first-order chi connectivity index (χ1) is 11.6. The highest BCUT2D eigenvalue weighted by atomic mass is 32.2. The van der Waals surface area contributed by atoms with Crippen LogP contribution < -0.4 is 4.31 Å². The molecule has 0 aliphatic carbocycles. The maximum absolute atomic E-state index is 13.1. The van der Waals surface area contributed by atoms with Crippen LogP contribution in [0.2, 0.25) is 0 Å². The maximum Gasteiger partial charge on any atom is 0.305 e. The van der Waals surface area contributed by atoms with E-state index in [1.807, 2.05) is 26.8 Å². The molecule has 8 heteroatoms. The standard InChI is InChI=1S/C17H23N3O4S/c1-5-19-11-16(18-14(19)4)25(23,24)20(7-6-17(21)22)15-9-12(2)8-13(3)10-15/h8-11H,5-7H2,1-4H3,(H,21,22). The number of hydrogen-bond donors (Lipinski definition) is 1. The van der Waals surface area contributed by atoms with E-state index < -0.39 is 16.0 Å². The van der Waals surface area contributed by atoms with Crippen LogP contribution in [0, 0.1) is 20.8 Å². The Bertz CT molecular complexity index is 867. The monoisotopic (exact) mass is 365 g/mol. The molecule has 25 heavy (non-hydrogen) atoms. The van der Waals surface area contributed by atoms with Crippen molar-refractivity contribution in [1.29, 1.82) is 0 Å². The van der Waals surface area contributed by atoms with Crippen LogP contribution in [0.5, 0.6) is 0 Å². The van der Waals surface area contributed by atoms with Crippen molar-refractivity contribution in [2.24, 2.45) is 0 Å². The number of rotatable bonds is 7. The zero-order chi connectivity index (χ0) is 18.8. The number of aryl methyl sites for hydroxylation is 4. The molecule has 0 aliphatic heterocycles. The Kier molecular flexibility index (Phi) is 5.52. The Morgan fingerprint density at radius 2 is 1.80 bits per heavy atom. The highest BCUT2D eigenvalue weighted by Crippen LogP contribution is 2.26. The summed E-state index contributed by atoms with van der Waals surface area (Å²) in [5, 5.41) is 8.93. The second-order valence-electron chi connectivity index (χ2n) is 5.98. The summed E-state index contributed by atoms with van der Waals surface area (Å²) in [7, 11) is -3.96. The normalized spacial score (nSPS) is 11.5. The number of carboxylic acid groups (broad SMARTS) is 1. The molecule has 0 spiro atoms. The van der Waals surface area contributed by atoms with Gasteiger partial charge in [0.1, 0.15) is 5.82 Å². The Hall–Kier alpha value is -2.35. The first-order valence-electron chi connectivity index (χ1n) is 8.01. The number of aliphatic carboxylic acids is 1. The predicted octanol–water partition coefficient (Wildman–Crippen LogP) is 2.50. The molecule has 1 N–H and O–H groups in total. The fraction of sp³-hybridized carbons (Fsp3) is 0.412. The Balaban J connectivity index is 2.54. The van der Waals surface area contributed by atoms with Crippen LogP contribution in [0.4, 0.5) is 5.69 Å². The minimum atomic E-state index is -3.96. The lowest BCUT2D eigenvalue weighted by Gasteiger charge is -2.23. The van der Waals surface area contributed by atoms with E-state index in [2.05, 4.69) is 4.98 Å². The largest absolute Gasteiger partial charge is 0.481 e. The van der Waals surface area contributed by atoms with Crippen molar-refractivity contribution in [3.8, 4) is 0 Å². The van der Waals surface area contributed by atoms with Crippen LogP contribution in [0.15, 0.2) is 29.4 Å². The molecule has 2 rings (SSSR count). The molecular weight excluding hydrogens is 342 g/mol. The maximum atomic E-state index is 13.1. The van der Waals surface area contributed by atoms with Crippen LogP contribution in [0.1, 0.15) is 30.3 Å². The van der Waals surface area contributed by atoms with Crippen molar-refractivity contribution in [3.63, 3.8) is 0 Å². The predicted molar refractivity (Wildman–Crippen MR) is 95.3 cm³/mol. The van der Waals surface area contributed by atoms with Gasteiger partial charge < -0.3 is 9.67 Å². The highest BCUT2D eigenvalue weighted by molar-refractivity contribution is 7.92. The first kappa shape index (κ1) is 19.0. The van der Waals surface area contributed by atoms with Gasteiger partial charge in [-0.25, -0.2) is 4.98 Å². The summed E-state index contributed by atoms with van der Waals surface area (Å²) >= 11 is 0. The van der Waals surface area contributed by atoms with Gasteiger partial charge in [-0.2, -0.15) is 8.42 Å². The number of nitrogens with zero attached hydrogens (tertiary/aromatic N) is 3. The van der Waals surface area contributed by atoms with Gasteiger partial charge in [0.05, 0.1) is 12.1 Å². The molecule has 0 saturated carbocycles. The molecule has 136 valence electrons. The Labute approximate surface area is 148 Å². The van der Waals surface area contributed by atoms with Gasteiger partial charge in [-0.05, 0) is 51.0 Å². The Morgan fingerprint density at radius 3 is 2.28 bits per heavy atom. The molecule has 7 nitrogen and oxygen atoms in total.